The first kappa shape index (κ1) is 9.28. The monoisotopic (exact) mass is 227 g/mol. The van der Waals surface area contributed by atoms with Gasteiger partial charge in [-0.05, 0) is 18.9 Å². The van der Waals surface area contributed by atoms with Crippen LogP contribution in [0.2, 0.25) is 0 Å². The summed E-state index contributed by atoms with van der Waals surface area (Å²) < 4.78 is 7.97. The molecule has 0 saturated carbocycles. The van der Waals surface area contributed by atoms with E-state index in [1.165, 1.54) is 5.69 Å². The van der Waals surface area contributed by atoms with E-state index in [-0.39, 0.29) is 0 Å². The Bertz CT molecular complexity index is 639. The first-order valence-electron chi connectivity index (χ1n) is 6.16. The number of aromatic nitrogens is 1. The second kappa shape index (κ2) is 3.13. The van der Waals surface area contributed by atoms with Crippen LogP contribution in [0.15, 0.2) is 18.2 Å². The number of rotatable bonds is 0. The molecule has 0 bridgehead atoms. The van der Waals surface area contributed by atoms with Gasteiger partial charge in [0, 0.05) is 23.1 Å². The van der Waals surface area contributed by atoms with Crippen LogP contribution in [0.4, 0.5) is 0 Å². The molecular formula is C14H13NO2. The van der Waals surface area contributed by atoms with E-state index in [0.717, 1.165) is 41.6 Å². The lowest BCUT2D eigenvalue weighted by atomic mass is 9.94. The zero-order valence-electron chi connectivity index (χ0n) is 9.53. The topological polar surface area (TPSA) is 31.2 Å². The van der Waals surface area contributed by atoms with E-state index in [4.69, 9.17) is 4.74 Å². The maximum absolute atomic E-state index is 12.1. The summed E-state index contributed by atoms with van der Waals surface area (Å²) in [5.41, 5.74) is 3.31. The van der Waals surface area contributed by atoms with E-state index in [2.05, 4.69) is 4.57 Å². The molecule has 0 fully saturated rings. The summed E-state index contributed by atoms with van der Waals surface area (Å²) in [5.74, 6) is 1.23. The van der Waals surface area contributed by atoms with Crippen molar-refractivity contribution in [3.63, 3.8) is 0 Å². The van der Waals surface area contributed by atoms with E-state index in [0.29, 0.717) is 18.8 Å². The number of ketones is 1. The van der Waals surface area contributed by atoms with Crippen molar-refractivity contribution < 1.29 is 9.53 Å². The Balaban J connectivity index is 2.19. The fourth-order valence-electron chi connectivity index (χ4n) is 3.15. The maximum Gasteiger partial charge on any atom is 0.165 e. The van der Waals surface area contributed by atoms with Crippen LogP contribution in [-0.4, -0.2) is 17.0 Å². The van der Waals surface area contributed by atoms with E-state index >= 15 is 0 Å². The molecule has 1 aliphatic heterocycles. The number of nitrogens with zero attached hydrogens (tertiary/aromatic N) is 1. The molecule has 4 rings (SSSR count). The van der Waals surface area contributed by atoms with E-state index in [1.807, 2.05) is 18.2 Å². The van der Waals surface area contributed by atoms with Crippen molar-refractivity contribution in [2.24, 2.45) is 0 Å². The first-order valence-corrected chi connectivity index (χ1v) is 6.16. The van der Waals surface area contributed by atoms with Gasteiger partial charge in [-0.3, -0.25) is 4.79 Å². The summed E-state index contributed by atoms with van der Waals surface area (Å²) in [6, 6.07) is 6.02. The van der Waals surface area contributed by atoms with Gasteiger partial charge in [0.15, 0.2) is 5.78 Å². The van der Waals surface area contributed by atoms with Crippen molar-refractivity contribution in [3.05, 3.63) is 29.5 Å². The number of fused-ring (bicyclic) bond motifs is 3. The molecule has 0 atom stereocenters. The highest BCUT2D eigenvalue weighted by molar-refractivity contribution is 6.11. The Labute approximate surface area is 99.0 Å². The number of carbonyl (C=O) groups is 1. The van der Waals surface area contributed by atoms with Crippen LogP contribution < -0.4 is 4.74 Å². The lowest BCUT2D eigenvalue weighted by Crippen LogP contribution is -2.18. The van der Waals surface area contributed by atoms with Crippen molar-refractivity contribution in [2.45, 2.75) is 25.8 Å². The molecule has 2 aromatic rings. The fraction of sp³-hybridized carbons (Fsp3) is 0.357. The number of benzene rings is 1. The van der Waals surface area contributed by atoms with Gasteiger partial charge in [0.25, 0.3) is 0 Å². The summed E-state index contributed by atoms with van der Waals surface area (Å²) in [6.45, 7) is 1.58. The van der Waals surface area contributed by atoms with Crippen LogP contribution in [0.5, 0.6) is 5.75 Å². The highest BCUT2D eigenvalue weighted by Crippen LogP contribution is 2.38. The van der Waals surface area contributed by atoms with E-state index in [1.54, 1.807) is 0 Å². The number of hydrogen-bond acceptors (Lipinski definition) is 2. The van der Waals surface area contributed by atoms with Crippen molar-refractivity contribution in [2.75, 3.05) is 6.61 Å². The third kappa shape index (κ3) is 1.09. The zero-order valence-corrected chi connectivity index (χ0v) is 9.53. The average Bonchev–Trinajstić information content (AvgIpc) is 2.69. The predicted octanol–water partition coefficient (Wildman–Crippen LogP) is 2.55. The van der Waals surface area contributed by atoms with Gasteiger partial charge in [-0.1, -0.05) is 12.1 Å². The van der Waals surface area contributed by atoms with Crippen LogP contribution >= 0.6 is 0 Å². The average molecular weight is 227 g/mol. The van der Waals surface area contributed by atoms with Gasteiger partial charge in [-0.25, -0.2) is 0 Å². The minimum absolute atomic E-state index is 0.300. The molecule has 0 unspecified atom stereocenters. The Morgan fingerprint density at radius 2 is 2.18 bits per heavy atom. The second-order valence-corrected chi connectivity index (χ2v) is 4.75. The van der Waals surface area contributed by atoms with Crippen molar-refractivity contribution >= 4 is 16.7 Å². The van der Waals surface area contributed by atoms with Crippen LogP contribution in [0, 0.1) is 0 Å². The molecule has 0 saturated heterocycles. The lowest BCUT2D eigenvalue weighted by Gasteiger charge is -2.19. The zero-order chi connectivity index (χ0) is 11.4. The third-order valence-corrected chi connectivity index (χ3v) is 3.82. The fourth-order valence-corrected chi connectivity index (χ4v) is 3.15. The third-order valence-electron chi connectivity index (χ3n) is 3.82. The predicted molar refractivity (Wildman–Crippen MR) is 64.7 cm³/mol. The molecule has 86 valence electrons. The minimum Gasteiger partial charge on any atom is -0.490 e. The van der Waals surface area contributed by atoms with Crippen LogP contribution in [0.3, 0.4) is 0 Å². The van der Waals surface area contributed by atoms with Gasteiger partial charge < -0.3 is 9.30 Å². The minimum atomic E-state index is 0.300. The second-order valence-electron chi connectivity index (χ2n) is 4.75. The summed E-state index contributed by atoms with van der Waals surface area (Å²) in [6.07, 6.45) is 2.70. The molecular weight excluding hydrogens is 214 g/mol. The van der Waals surface area contributed by atoms with Gasteiger partial charge >= 0.3 is 0 Å². The normalized spacial score (nSPS) is 18.0. The van der Waals surface area contributed by atoms with Crippen LogP contribution in [0.1, 0.15) is 28.9 Å². The van der Waals surface area contributed by atoms with E-state index in [9.17, 15) is 4.79 Å². The molecule has 1 aromatic heterocycles. The highest BCUT2D eigenvalue weighted by atomic mass is 16.5. The Kier molecular flexibility index (Phi) is 1.71. The molecule has 2 aliphatic rings. The number of para-hydroxylation sites is 1. The molecule has 0 spiro atoms. The first-order chi connectivity index (χ1) is 8.36. The smallest absolute Gasteiger partial charge is 0.165 e. The molecule has 1 aromatic carbocycles. The molecule has 2 heterocycles. The lowest BCUT2D eigenvalue weighted by molar-refractivity contribution is 0.0973. The molecule has 3 nitrogen and oxygen atoms in total. The van der Waals surface area contributed by atoms with Crippen LogP contribution in [-0.2, 0) is 13.0 Å². The molecule has 0 amide bonds. The SMILES string of the molecule is O=C1CCCc2c1c1cccc3c1n2CCO3. The molecule has 1 aliphatic carbocycles. The van der Waals surface area contributed by atoms with Gasteiger partial charge in [0.2, 0.25) is 0 Å². The van der Waals surface area contributed by atoms with Crippen molar-refractivity contribution in [1.29, 1.82) is 0 Å². The van der Waals surface area contributed by atoms with Crippen LogP contribution in [0.25, 0.3) is 10.9 Å². The summed E-state index contributed by atoms with van der Waals surface area (Å²) in [7, 11) is 0. The Morgan fingerprint density at radius 1 is 1.24 bits per heavy atom. The Morgan fingerprint density at radius 3 is 3.12 bits per heavy atom. The number of Topliss-reactive ketones (excluding diaryl/α,β-unsaturated/α-hetero) is 1. The highest BCUT2D eigenvalue weighted by Gasteiger charge is 2.28. The number of ether oxygens (including phenoxy) is 1. The molecule has 17 heavy (non-hydrogen) atoms. The molecule has 0 N–H and O–H groups in total. The van der Waals surface area contributed by atoms with Crippen molar-refractivity contribution in [3.8, 4) is 5.75 Å². The van der Waals surface area contributed by atoms with Gasteiger partial charge in [0.05, 0.1) is 12.1 Å². The summed E-state index contributed by atoms with van der Waals surface area (Å²) in [4.78, 5) is 12.1. The number of hydrogen-bond donors (Lipinski definition) is 0. The van der Waals surface area contributed by atoms with Gasteiger partial charge in [-0.15, -0.1) is 0 Å². The maximum atomic E-state index is 12.1. The Hall–Kier alpha value is -1.77. The van der Waals surface area contributed by atoms with Crippen molar-refractivity contribution in [1.82, 2.24) is 4.57 Å². The number of carbonyl (C=O) groups excluding carboxylic acids is 1. The standard InChI is InChI=1S/C14H13NO2/c16-11-5-2-4-10-13(11)9-3-1-6-12-14(9)15(10)7-8-17-12/h1,3,6H,2,4-5,7-8H2. The molecule has 3 heteroatoms. The van der Waals surface area contributed by atoms with Gasteiger partial charge in [0.1, 0.15) is 12.4 Å². The summed E-state index contributed by atoms with van der Waals surface area (Å²) >= 11 is 0. The summed E-state index contributed by atoms with van der Waals surface area (Å²) in [5, 5.41) is 1.09. The van der Waals surface area contributed by atoms with Gasteiger partial charge in [-0.2, -0.15) is 0 Å². The van der Waals surface area contributed by atoms with E-state index < -0.39 is 0 Å². The largest absolute Gasteiger partial charge is 0.490 e. The molecule has 0 radical (unpaired) electrons. The quantitative estimate of drug-likeness (QED) is 0.692.